The van der Waals surface area contributed by atoms with Gasteiger partial charge in [0.05, 0.1) is 12.7 Å². The van der Waals surface area contributed by atoms with Gasteiger partial charge in [-0.05, 0) is 29.8 Å². The first kappa shape index (κ1) is 26.8. The van der Waals surface area contributed by atoms with E-state index in [1.807, 2.05) is 30.3 Å². The third-order valence-corrected chi connectivity index (χ3v) is 6.29. The fourth-order valence-electron chi connectivity index (χ4n) is 4.31. The van der Waals surface area contributed by atoms with E-state index in [0.717, 1.165) is 5.56 Å². The van der Waals surface area contributed by atoms with Gasteiger partial charge in [-0.15, -0.1) is 13.2 Å². The molecule has 10 nitrogen and oxygen atoms in total. The molecule has 0 atom stereocenters. The number of carbonyl (C=O) groups excluding carboxylic acids is 2. The van der Waals surface area contributed by atoms with Gasteiger partial charge in [-0.2, -0.15) is 0 Å². The number of imidazole rings is 1. The highest BCUT2D eigenvalue weighted by atomic mass is 19.4. The van der Waals surface area contributed by atoms with Crippen LogP contribution in [0.3, 0.4) is 0 Å². The number of amides is 2. The summed E-state index contributed by atoms with van der Waals surface area (Å²) in [7, 11) is 0. The van der Waals surface area contributed by atoms with Crippen molar-refractivity contribution in [3.63, 3.8) is 0 Å². The van der Waals surface area contributed by atoms with Gasteiger partial charge >= 0.3 is 12.5 Å². The molecule has 0 saturated carbocycles. The molecule has 1 N–H and O–H groups in total. The molecule has 5 rings (SSSR count). The van der Waals surface area contributed by atoms with Gasteiger partial charge in [-0.25, -0.2) is 9.78 Å². The number of nitrogens with zero attached hydrogens (tertiary/aromatic N) is 5. The average Bonchev–Trinajstić information content (AvgIpc) is 3.33. The van der Waals surface area contributed by atoms with Crippen molar-refractivity contribution in [2.24, 2.45) is 0 Å². The normalized spacial score (nSPS) is 13.8. The highest BCUT2D eigenvalue weighted by Crippen LogP contribution is 2.31. The average molecular weight is 555 g/mol. The summed E-state index contributed by atoms with van der Waals surface area (Å²) in [6.07, 6.45) is -0.461. The van der Waals surface area contributed by atoms with E-state index in [9.17, 15) is 22.8 Å². The molecule has 40 heavy (non-hydrogen) atoms. The molecule has 0 spiro atoms. The van der Waals surface area contributed by atoms with Crippen molar-refractivity contribution in [2.75, 3.05) is 38.0 Å². The second-order valence-electron chi connectivity index (χ2n) is 8.95. The lowest BCUT2D eigenvalue weighted by molar-refractivity contribution is -0.274. The van der Waals surface area contributed by atoms with E-state index in [1.165, 1.54) is 30.5 Å². The first-order chi connectivity index (χ1) is 19.3. The minimum atomic E-state index is -4.79. The van der Waals surface area contributed by atoms with E-state index in [1.54, 1.807) is 26.6 Å². The zero-order valence-electron chi connectivity index (χ0n) is 21.2. The molecule has 2 amide bonds. The van der Waals surface area contributed by atoms with Crippen molar-refractivity contribution in [3.05, 3.63) is 78.8 Å². The monoisotopic (exact) mass is 554 g/mol. The smallest absolute Gasteiger partial charge is 0.445 e. The first-order valence-electron chi connectivity index (χ1n) is 12.4. The quantitative estimate of drug-likeness (QED) is 0.366. The number of piperazine rings is 1. The van der Waals surface area contributed by atoms with Crippen LogP contribution in [0.4, 0.5) is 23.8 Å². The Kier molecular flexibility index (Phi) is 7.71. The Morgan fingerprint density at radius 1 is 0.950 bits per heavy atom. The van der Waals surface area contributed by atoms with Gasteiger partial charge in [0.25, 0.3) is 0 Å². The predicted molar refractivity (Wildman–Crippen MR) is 138 cm³/mol. The van der Waals surface area contributed by atoms with Crippen LogP contribution in [-0.4, -0.2) is 75.3 Å². The van der Waals surface area contributed by atoms with Crippen molar-refractivity contribution >= 4 is 23.5 Å². The molecule has 208 valence electrons. The molecule has 0 aliphatic carbocycles. The van der Waals surface area contributed by atoms with Crippen LogP contribution in [-0.2, 0) is 16.1 Å². The Labute approximate surface area is 226 Å². The van der Waals surface area contributed by atoms with Crippen molar-refractivity contribution in [3.8, 4) is 17.0 Å². The number of carbonyl (C=O) groups is 2. The lowest BCUT2D eigenvalue weighted by atomic mass is 10.1. The third-order valence-electron chi connectivity index (χ3n) is 6.29. The molecule has 0 unspecified atom stereocenters. The van der Waals surface area contributed by atoms with Crippen LogP contribution < -0.4 is 10.1 Å². The van der Waals surface area contributed by atoms with Crippen LogP contribution in [0.5, 0.6) is 5.75 Å². The molecule has 13 heteroatoms. The molecular weight excluding hydrogens is 529 g/mol. The van der Waals surface area contributed by atoms with Crippen LogP contribution in [0.15, 0.2) is 73.2 Å². The molecule has 1 aliphatic heterocycles. The van der Waals surface area contributed by atoms with Crippen LogP contribution >= 0.6 is 0 Å². The number of rotatable bonds is 7. The van der Waals surface area contributed by atoms with Crippen molar-refractivity contribution < 1.29 is 32.2 Å². The van der Waals surface area contributed by atoms with Gasteiger partial charge < -0.3 is 24.6 Å². The number of alkyl halides is 3. The fraction of sp³-hybridized carbons (Fsp3) is 0.259. The summed E-state index contributed by atoms with van der Waals surface area (Å²) in [5.41, 5.74) is 2.34. The zero-order chi connectivity index (χ0) is 28.1. The second-order valence-corrected chi connectivity index (χ2v) is 8.95. The molecule has 1 fully saturated rings. The molecule has 3 heterocycles. The van der Waals surface area contributed by atoms with E-state index in [0.29, 0.717) is 48.9 Å². The number of ether oxygens (including phenoxy) is 2. The van der Waals surface area contributed by atoms with E-state index in [2.05, 4.69) is 20.0 Å². The summed E-state index contributed by atoms with van der Waals surface area (Å²) in [5.74, 6) is -0.0472. The van der Waals surface area contributed by atoms with Gasteiger partial charge in [0.1, 0.15) is 23.9 Å². The Morgan fingerprint density at radius 3 is 2.35 bits per heavy atom. The maximum absolute atomic E-state index is 13.0. The van der Waals surface area contributed by atoms with Crippen molar-refractivity contribution in [2.45, 2.75) is 13.0 Å². The fourth-order valence-corrected chi connectivity index (χ4v) is 4.31. The van der Waals surface area contributed by atoms with Gasteiger partial charge in [0.2, 0.25) is 5.91 Å². The van der Waals surface area contributed by atoms with E-state index in [-0.39, 0.29) is 24.8 Å². The molecular formula is C27H25F3N6O4. The van der Waals surface area contributed by atoms with Crippen LogP contribution in [0, 0.1) is 0 Å². The summed E-state index contributed by atoms with van der Waals surface area (Å²) in [5, 5.41) is 3.12. The Bertz CT molecular complexity index is 1470. The third kappa shape index (κ3) is 6.42. The lowest BCUT2D eigenvalue weighted by Gasteiger charge is -2.34. The van der Waals surface area contributed by atoms with E-state index >= 15 is 0 Å². The van der Waals surface area contributed by atoms with Gasteiger partial charge in [0, 0.05) is 44.1 Å². The van der Waals surface area contributed by atoms with E-state index in [4.69, 9.17) is 4.74 Å². The number of aromatic nitrogens is 3. The number of fused-ring (bicyclic) bond motifs is 1. The Morgan fingerprint density at radius 2 is 1.65 bits per heavy atom. The summed E-state index contributed by atoms with van der Waals surface area (Å²) in [4.78, 5) is 37.3. The molecule has 1 aliphatic rings. The number of hydrogen-bond acceptors (Lipinski definition) is 7. The number of halogens is 3. The predicted octanol–water partition coefficient (Wildman–Crippen LogP) is 4.19. The highest BCUT2D eigenvalue weighted by molar-refractivity contribution is 5.84. The number of hydrogen-bond donors (Lipinski definition) is 1. The lowest BCUT2D eigenvalue weighted by Crippen LogP contribution is -2.51. The summed E-state index contributed by atoms with van der Waals surface area (Å²) >= 11 is 0. The van der Waals surface area contributed by atoms with Crippen LogP contribution in [0.1, 0.15) is 5.56 Å². The van der Waals surface area contributed by atoms with E-state index < -0.39 is 12.5 Å². The SMILES string of the molecule is O=C(CNc1c(-c2ccc(OC(F)(F)F)cc2)nc2cnccn12)N1CCN(C(=O)OCc2ccccc2)CC1. The topological polar surface area (TPSA) is 101 Å². The highest BCUT2D eigenvalue weighted by Gasteiger charge is 2.31. The van der Waals surface area contributed by atoms with Gasteiger partial charge in [-0.1, -0.05) is 30.3 Å². The van der Waals surface area contributed by atoms with Crippen LogP contribution in [0.2, 0.25) is 0 Å². The van der Waals surface area contributed by atoms with Gasteiger partial charge in [0.15, 0.2) is 5.65 Å². The maximum atomic E-state index is 13.0. The summed E-state index contributed by atoms with van der Waals surface area (Å²) in [6, 6.07) is 14.7. The molecule has 0 radical (unpaired) electrons. The van der Waals surface area contributed by atoms with Crippen LogP contribution in [0.25, 0.3) is 16.9 Å². The molecule has 2 aromatic heterocycles. The standard InChI is InChI=1S/C27H25F3N6O4/c28-27(29,30)40-21-8-6-20(7-9-21)24-25(36-11-10-31-16-22(36)33-24)32-17-23(37)34-12-14-35(15-13-34)26(38)39-18-19-4-2-1-3-5-19/h1-11,16,32H,12-15,17-18H2. The van der Waals surface area contributed by atoms with Gasteiger partial charge in [-0.3, -0.25) is 14.2 Å². The minimum absolute atomic E-state index is 0.0587. The number of benzene rings is 2. The number of anilines is 1. The zero-order valence-corrected chi connectivity index (χ0v) is 21.2. The Balaban J connectivity index is 1.20. The summed E-state index contributed by atoms with van der Waals surface area (Å²) < 4.78 is 48.7. The molecule has 2 aromatic carbocycles. The van der Waals surface area contributed by atoms with Crippen molar-refractivity contribution in [1.82, 2.24) is 24.2 Å². The largest absolute Gasteiger partial charge is 0.573 e. The Hall–Kier alpha value is -4.81. The number of nitrogens with one attached hydrogen (secondary N) is 1. The van der Waals surface area contributed by atoms with Crippen molar-refractivity contribution in [1.29, 1.82) is 0 Å². The second kappa shape index (κ2) is 11.5. The minimum Gasteiger partial charge on any atom is -0.445 e. The first-order valence-corrected chi connectivity index (χ1v) is 12.4. The molecule has 0 bridgehead atoms. The maximum Gasteiger partial charge on any atom is 0.573 e. The molecule has 1 saturated heterocycles. The summed E-state index contributed by atoms with van der Waals surface area (Å²) in [6.45, 7) is 1.52. The molecule has 4 aromatic rings.